The van der Waals surface area contributed by atoms with Crippen molar-refractivity contribution in [2.45, 2.75) is 31.8 Å². The molecule has 1 saturated carbocycles. The smallest absolute Gasteiger partial charge is 0.264 e. The number of aromatic nitrogens is 2. The van der Waals surface area contributed by atoms with Crippen molar-refractivity contribution in [1.29, 1.82) is 0 Å². The largest absolute Gasteiger partial charge is 0.484 e. The molecule has 1 amide bonds. The first kappa shape index (κ1) is 15.1. The molecule has 2 fully saturated rings. The van der Waals surface area contributed by atoms with Gasteiger partial charge in [0.05, 0.1) is 0 Å². The molecule has 0 spiro atoms. The van der Waals surface area contributed by atoms with Crippen LogP contribution in [0.3, 0.4) is 0 Å². The van der Waals surface area contributed by atoms with Gasteiger partial charge in [-0.25, -0.2) is 4.39 Å². The molecule has 1 atom stereocenters. The molecule has 1 aromatic heterocycles. The molecular weight excluding hydrogens is 313 g/mol. The third-order valence-electron chi connectivity index (χ3n) is 4.45. The maximum absolute atomic E-state index is 12.8. The van der Waals surface area contributed by atoms with E-state index >= 15 is 0 Å². The summed E-state index contributed by atoms with van der Waals surface area (Å²) in [6, 6.07) is 5.76. The summed E-state index contributed by atoms with van der Waals surface area (Å²) in [7, 11) is 0. The Balaban J connectivity index is 1.33. The minimum atomic E-state index is -0.311. The monoisotopic (exact) mass is 331 g/mol. The van der Waals surface area contributed by atoms with Gasteiger partial charge in [-0.15, -0.1) is 0 Å². The molecule has 4 rings (SSSR count). The Labute approximate surface area is 138 Å². The van der Waals surface area contributed by atoms with E-state index in [1.807, 2.05) is 4.90 Å². The lowest BCUT2D eigenvalue weighted by Crippen LogP contribution is -2.29. The van der Waals surface area contributed by atoms with Crippen LogP contribution in [0.4, 0.5) is 4.39 Å². The molecule has 6 nitrogen and oxygen atoms in total. The van der Waals surface area contributed by atoms with Gasteiger partial charge in [-0.05, 0) is 43.5 Å². The van der Waals surface area contributed by atoms with E-state index in [1.54, 1.807) is 12.1 Å². The van der Waals surface area contributed by atoms with E-state index in [0.717, 1.165) is 25.8 Å². The van der Waals surface area contributed by atoms with E-state index < -0.39 is 0 Å². The maximum Gasteiger partial charge on any atom is 0.264 e. The van der Waals surface area contributed by atoms with Crippen LogP contribution in [0.1, 0.15) is 36.9 Å². The van der Waals surface area contributed by atoms with Crippen molar-refractivity contribution in [1.82, 2.24) is 15.0 Å². The Bertz CT molecular complexity index is 727. The Morgan fingerprint density at radius 1 is 1.29 bits per heavy atom. The first-order chi connectivity index (χ1) is 11.7. The zero-order valence-corrected chi connectivity index (χ0v) is 13.2. The van der Waals surface area contributed by atoms with E-state index in [0.29, 0.717) is 24.0 Å². The first-order valence-corrected chi connectivity index (χ1v) is 8.18. The number of rotatable bonds is 5. The van der Waals surface area contributed by atoms with Gasteiger partial charge in [0, 0.05) is 24.9 Å². The van der Waals surface area contributed by atoms with Gasteiger partial charge >= 0.3 is 0 Å². The van der Waals surface area contributed by atoms with Crippen LogP contribution in [0.5, 0.6) is 5.75 Å². The highest BCUT2D eigenvalue weighted by Gasteiger charge is 2.38. The summed E-state index contributed by atoms with van der Waals surface area (Å²) in [5.41, 5.74) is 0. The van der Waals surface area contributed by atoms with Gasteiger partial charge in [0.1, 0.15) is 11.6 Å². The number of halogens is 1. The highest BCUT2D eigenvalue weighted by molar-refractivity contribution is 5.81. The third kappa shape index (κ3) is 3.25. The lowest BCUT2D eigenvalue weighted by Gasteiger charge is -2.14. The molecule has 2 heterocycles. The number of amides is 1. The maximum atomic E-state index is 12.8. The summed E-state index contributed by atoms with van der Waals surface area (Å²) < 4.78 is 23.6. The fraction of sp³-hybridized carbons (Fsp3) is 0.471. The van der Waals surface area contributed by atoms with Crippen LogP contribution in [-0.2, 0) is 11.4 Å². The van der Waals surface area contributed by atoms with Crippen LogP contribution in [0.2, 0.25) is 0 Å². The lowest BCUT2D eigenvalue weighted by molar-refractivity contribution is -0.131. The van der Waals surface area contributed by atoms with Crippen LogP contribution < -0.4 is 4.74 Å². The van der Waals surface area contributed by atoms with Crippen LogP contribution in [0.25, 0.3) is 0 Å². The minimum Gasteiger partial charge on any atom is -0.484 e. The molecule has 1 aliphatic heterocycles. The fourth-order valence-corrected chi connectivity index (χ4v) is 2.93. The quantitative estimate of drug-likeness (QED) is 0.842. The Morgan fingerprint density at radius 3 is 2.83 bits per heavy atom. The van der Waals surface area contributed by atoms with Crippen molar-refractivity contribution in [3.63, 3.8) is 0 Å². The van der Waals surface area contributed by atoms with Crippen molar-refractivity contribution in [3.8, 4) is 5.75 Å². The van der Waals surface area contributed by atoms with E-state index in [-0.39, 0.29) is 30.2 Å². The topological polar surface area (TPSA) is 68.5 Å². The fourth-order valence-electron chi connectivity index (χ4n) is 2.93. The van der Waals surface area contributed by atoms with Gasteiger partial charge < -0.3 is 14.2 Å². The number of hydrogen-bond donors (Lipinski definition) is 0. The second-order valence-electron chi connectivity index (χ2n) is 6.33. The summed E-state index contributed by atoms with van der Waals surface area (Å²) in [5.74, 6) is 1.86. The van der Waals surface area contributed by atoms with Gasteiger partial charge in [0.2, 0.25) is 5.91 Å². The van der Waals surface area contributed by atoms with Crippen molar-refractivity contribution < 1.29 is 18.4 Å². The van der Waals surface area contributed by atoms with Crippen LogP contribution in [0, 0.1) is 11.7 Å². The van der Waals surface area contributed by atoms with Gasteiger partial charge in [-0.2, -0.15) is 4.98 Å². The standard InChI is InChI=1S/C17H18FN3O3/c18-13-3-5-14(6-4-13)23-10-15-19-16(20-24-15)12-7-8-21(9-12)17(22)11-1-2-11/h3-6,11-12H,1-2,7-10H2. The molecule has 1 unspecified atom stereocenters. The van der Waals surface area contributed by atoms with Crippen LogP contribution in [-0.4, -0.2) is 34.0 Å². The second-order valence-corrected chi connectivity index (χ2v) is 6.33. The Kier molecular flexibility index (Phi) is 3.92. The number of ether oxygens (including phenoxy) is 1. The van der Waals surface area contributed by atoms with E-state index in [9.17, 15) is 9.18 Å². The molecule has 0 bridgehead atoms. The van der Waals surface area contributed by atoms with E-state index in [4.69, 9.17) is 9.26 Å². The summed E-state index contributed by atoms with van der Waals surface area (Å²) in [5, 5.41) is 4.01. The van der Waals surface area contributed by atoms with E-state index in [2.05, 4.69) is 10.1 Å². The number of carbonyl (C=O) groups excluding carboxylic acids is 1. The SMILES string of the molecule is O=C(C1CC1)N1CCC(c2noc(COc3ccc(F)cc3)n2)C1. The summed E-state index contributed by atoms with van der Waals surface area (Å²) in [6.07, 6.45) is 2.90. The Morgan fingerprint density at radius 2 is 2.08 bits per heavy atom. The zero-order valence-electron chi connectivity index (χ0n) is 13.2. The molecule has 1 saturated heterocycles. The van der Waals surface area contributed by atoms with Crippen LogP contribution in [0.15, 0.2) is 28.8 Å². The summed E-state index contributed by atoms with van der Waals surface area (Å²) in [4.78, 5) is 18.4. The van der Waals surface area contributed by atoms with Gasteiger partial charge in [0.15, 0.2) is 12.4 Å². The number of carbonyl (C=O) groups is 1. The zero-order chi connectivity index (χ0) is 16.5. The van der Waals surface area contributed by atoms with E-state index in [1.165, 1.54) is 12.1 Å². The van der Waals surface area contributed by atoms with Crippen molar-refractivity contribution in [3.05, 3.63) is 41.8 Å². The first-order valence-electron chi connectivity index (χ1n) is 8.18. The average Bonchev–Trinajstić information content (AvgIpc) is 3.14. The third-order valence-corrected chi connectivity index (χ3v) is 4.45. The van der Waals surface area contributed by atoms with Crippen molar-refractivity contribution in [2.24, 2.45) is 5.92 Å². The minimum absolute atomic E-state index is 0.121. The average molecular weight is 331 g/mol. The normalized spacial score (nSPS) is 20.4. The highest BCUT2D eigenvalue weighted by Crippen LogP contribution is 2.34. The number of nitrogens with zero attached hydrogens (tertiary/aromatic N) is 3. The molecule has 1 aliphatic carbocycles. The number of likely N-dealkylation sites (tertiary alicyclic amines) is 1. The number of benzene rings is 1. The molecule has 7 heteroatoms. The summed E-state index contributed by atoms with van der Waals surface area (Å²) >= 11 is 0. The van der Waals surface area contributed by atoms with Gasteiger partial charge in [0.25, 0.3) is 5.89 Å². The van der Waals surface area contributed by atoms with Gasteiger partial charge in [-0.3, -0.25) is 4.79 Å². The molecule has 126 valence electrons. The second kappa shape index (κ2) is 6.22. The Hall–Kier alpha value is -2.44. The van der Waals surface area contributed by atoms with Crippen molar-refractivity contribution in [2.75, 3.05) is 13.1 Å². The van der Waals surface area contributed by atoms with Crippen LogP contribution >= 0.6 is 0 Å². The van der Waals surface area contributed by atoms with Gasteiger partial charge in [-0.1, -0.05) is 5.16 Å². The van der Waals surface area contributed by atoms with Crippen molar-refractivity contribution >= 4 is 5.91 Å². The molecule has 24 heavy (non-hydrogen) atoms. The molecule has 2 aromatic rings. The molecule has 0 radical (unpaired) electrons. The highest BCUT2D eigenvalue weighted by atomic mass is 19.1. The molecular formula is C17H18FN3O3. The predicted octanol–water partition coefficient (Wildman–Crippen LogP) is 2.51. The predicted molar refractivity (Wildman–Crippen MR) is 81.7 cm³/mol. The molecule has 2 aliphatic rings. The summed E-state index contributed by atoms with van der Waals surface area (Å²) in [6.45, 7) is 1.55. The molecule has 1 aromatic carbocycles. The number of hydrogen-bond acceptors (Lipinski definition) is 5. The lowest BCUT2D eigenvalue weighted by atomic mass is 10.1. The molecule has 0 N–H and O–H groups in total.